The Morgan fingerprint density at radius 2 is 1.85 bits per heavy atom. The summed E-state index contributed by atoms with van der Waals surface area (Å²) in [5.74, 6) is 1.46. The maximum Gasteiger partial charge on any atom is 0.000133 e. The lowest BCUT2D eigenvalue weighted by atomic mass is 10.1. The predicted molar refractivity (Wildman–Crippen MR) is 59.8 cm³/mol. The van der Waals surface area contributed by atoms with Gasteiger partial charge in [0.1, 0.15) is 0 Å². The van der Waals surface area contributed by atoms with E-state index in [1.165, 1.54) is 25.9 Å². The highest BCUT2D eigenvalue weighted by atomic mass is 15.1. The largest absolute Gasteiger partial charge is 0.330 e. The fraction of sp³-hybridized carbons (Fsp3) is 1.00. The molecule has 0 aromatic rings. The number of hydrogen-bond donors (Lipinski definition) is 1. The number of nitrogens with zero attached hydrogens (tertiary/aromatic N) is 1. The summed E-state index contributed by atoms with van der Waals surface area (Å²) >= 11 is 0. The van der Waals surface area contributed by atoms with Crippen molar-refractivity contribution < 1.29 is 0 Å². The zero-order valence-corrected chi connectivity index (χ0v) is 9.71. The third kappa shape index (κ3) is 8.26. The van der Waals surface area contributed by atoms with E-state index < -0.39 is 0 Å². The topological polar surface area (TPSA) is 29.3 Å². The van der Waals surface area contributed by atoms with Crippen LogP contribution in [-0.4, -0.2) is 31.6 Å². The first-order valence-corrected chi connectivity index (χ1v) is 5.44. The van der Waals surface area contributed by atoms with E-state index >= 15 is 0 Å². The molecule has 2 heteroatoms. The zero-order chi connectivity index (χ0) is 10.3. The Morgan fingerprint density at radius 1 is 1.23 bits per heavy atom. The Hall–Kier alpha value is -0.0800. The highest BCUT2D eigenvalue weighted by Crippen LogP contribution is 2.04. The molecule has 2 nitrogen and oxygen atoms in total. The first kappa shape index (κ1) is 12.9. The van der Waals surface area contributed by atoms with Crippen LogP contribution in [-0.2, 0) is 0 Å². The molecule has 1 unspecified atom stereocenters. The molecule has 13 heavy (non-hydrogen) atoms. The van der Waals surface area contributed by atoms with Crippen molar-refractivity contribution in [3.8, 4) is 0 Å². The van der Waals surface area contributed by atoms with Crippen molar-refractivity contribution in [2.45, 2.75) is 33.6 Å². The van der Waals surface area contributed by atoms with Crippen LogP contribution in [0.25, 0.3) is 0 Å². The van der Waals surface area contributed by atoms with Gasteiger partial charge >= 0.3 is 0 Å². The van der Waals surface area contributed by atoms with Crippen LogP contribution in [0.2, 0.25) is 0 Å². The van der Waals surface area contributed by atoms with Crippen molar-refractivity contribution in [2.75, 3.05) is 26.7 Å². The minimum absolute atomic E-state index is 0.687. The maximum atomic E-state index is 5.56. The first-order chi connectivity index (χ1) is 6.06. The van der Waals surface area contributed by atoms with Gasteiger partial charge in [0, 0.05) is 6.54 Å². The minimum Gasteiger partial charge on any atom is -0.330 e. The van der Waals surface area contributed by atoms with E-state index in [2.05, 4.69) is 32.7 Å². The molecule has 2 N–H and O–H groups in total. The van der Waals surface area contributed by atoms with E-state index in [0.717, 1.165) is 12.5 Å². The van der Waals surface area contributed by atoms with Gasteiger partial charge in [0.25, 0.3) is 0 Å². The summed E-state index contributed by atoms with van der Waals surface area (Å²) in [5.41, 5.74) is 5.56. The molecule has 1 atom stereocenters. The van der Waals surface area contributed by atoms with E-state index in [-0.39, 0.29) is 0 Å². The molecule has 0 aromatic carbocycles. The second kappa shape index (κ2) is 7.34. The minimum atomic E-state index is 0.687. The molecule has 0 rings (SSSR count). The second-order valence-electron chi connectivity index (χ2n) is 4.64. The van der Waals surface area contributed by atoms with Crippen LogP contribution in [0.3, 0.4) is 0 Å². The Balaban J connectivity index is 3.31. The molecular formula is C11H26N2. The van der Waals surface area contributed by atoms with Crippen LogP contribution >= 0.6 is 0 Å². The van der Waals surface area contributed by atoms with Crippen LogP contribution in [0.15, 0.2) is 0 Å². The quantitative estimate of drug-likeness (QED) is 0.658. The lowest BCUT2D eigenvalue weighted by Crippen LogP contribution is -2.25. The molecule has 0 radical (unpaired) electrons. The average molecular weight is 186 g/mol. The normalized spacial score (nSPS) is 14.1. The Kier molecular flexibility index (Phi) is 7.29. The highest BCUT2D eigenvalue weighted by molar-refractivity contribution is 4.58. The summed E-state index contributed by atoms with van der Waals surface area (Å²) in [6.45, 7) is 9.99. The first-order valence-electron chi connectivity index (χ1n) is 5.44. The lowest BCUT2D eigenvalue weighted by molar-refractivity contribution is 0.283. The smallest absolute Gasteiger partial charge is 0.000133 e. The van der Waals surface area contributed by atoms with Crippen molar-refractivity contribution in [3.63, 3.8) is 0 Å². The molecule has 0 fully saturated rings. The molecular weight excluding hydrogens is 160 g/mol. The maximum absolute atomic E-state index is 5.56. The van der Waals surface area contributed by atoms with E-state index in [1.54, 1.807) is 0 Å². The fourth-order valence-electron chi connectivity index (χ4n) is 1.54. The van der Waals surface area contributed by atoms with E-state index in [4.69, 9.17) is 5.73 Å². The van der Waals surface area contributed by atoms with Gasteiger partial charge in [0.05, 0.1) is 0 Å². The Bertz CT molecular complexity index is 113. The summed E-state index contributed by atoms with van der Waals surface area (Å²) in [6.07, 6.45) is 2.54. The van der Waals surface area contributed by atoms with Crippen molar-refractivity contribution in [2.24, 2.45) is 17.6 Å². The summed E-state index contributed by atoms with van der Waals surface area (Å²) in [7, 11) is 2.20. The van der Waals surface area contributed by atoms with Crippen molar-refractivity contribution in [1.82, 2.24) is 4.90 Å². The van der Waals surface area contributed by atoms with Gasteiger partial charge in [-0.15, -0.1) is 0 Å². The summed E-state index contributed by atoms with van der Waals surface area (Å²) < 4.78 is 0. The lowest BCUT2D eigenvalue weighted by Gasteiger charge is -2.19. The third-order valence-electron chi connectivity index (χ3n) is 2.32. The summed E-state index contributed by atoms with van der Waals surface area (Å²) in [6, 6.07) is 0. The van der Waals surface area contributed by atoms with Gasteiger partial charge in [-0.25, -0.2) is 0 Å². The monoisotopic (exact) mass is 186 g/mol. The van der Waals surface area contributed by atoms with Crippen molar-refractivity contribution in [3.05, 3.63) is 0 Å². The van der Waals surface area contributed by atoms with Gasteiger partial charge in [0.2, 0.25) is 0 Å². The van der Waals surface area contributed by atoms with Gasteiger partial charge < -0.3 is 10.6 Å². The van der Waals surface area contributed by atoms with Gasteiger partial charge in [-0.1, -0.05) is 20.8 Å². The van der Waals surface area contributed by atoms with Gasteiger partial charge in [-0.3, -0.25) is 0 Å². The number of nitrogens with two attached hydrogens (primary N) is 1. The standard InChI is InChI=1S/C11H26N2/c1-10(2)9-13(4)7-5-6-11(3)8-12/h10-11H,5-9,12H2,1-4H3. The molecule has 0 spiro atoms. The number of rotatable bonds is 7. The molecule has 0 saturated carbocycles. The molecule has 0 aromatic heterocycles. The van der Waals surface area contributed by atoms with E-state index in [1.807, 2.05) is 0 Å². The van der Waals surface area contributed by atoms with Crippen LogP contribution < -0.4 is 5.73 Å². The predicted octanol–water partition coefficient (Wildman–Crippen LogP) is 1.95. The molecule has 0 heterocycles. The summed E-state index contributed by atoms with van der Waals surface area (Å²) in [5, 5.41) is 0. The Labute approximate surface area is 83.5 Å². The third-order valence-corrected chi connectivity index (χ3v) is 2.32. The second-order valence-corrected chi connectivity index (χ2v) is 4.64. The van der Waals surface area contributed by atoms with Crippen LogP contribution in [0.1, 0.15) is 33.6 Å². The van der Waals surface area contributed by atoms with E-state index in [9.17, 15) is 0 Å². The molecule has 0 aliphatic heterocycles. The van der Waals surface area contributed by atoms with Crippen molar-refractivity contribution >= 4 is 0 Å². The van der Waals surface area contributed by atoms with Crippen LogP contribution in [0.4, 0.5) is 0 Å². The molecule has 0 aliphatic carbocycles. The Morgan fingerprint density at radius 3 is 2.31 bits per heavy atom. The van der Waals surface area contributed by atoms with Gasteiger partial charge in [0.15, 0.2) is 0 Å². The fourth-order valence-corrected chi connectivity index (χ4v) is 1.54. The highest BCUT2D eigenvalue weighted by Gasteiger charge is 2.03. The van der Waals surface area contributed by atoms with Crippen molar-refractivity contribution in [1.29, 1.82) is 0 Å². The SMILES string of the molecule is CC(C)CN(C)CCCC(C)CN. The zero-order valence-electron chi connectivity index (χ0n) is 9.71. The van der Waals surface area contributed by atoms with E-state index in [0.29, 0.717) is 5.92 Å². The molecule has 0 saturated heterocycles. The molecule has 0 bridgehead atoms. The average Bonchev–Trinajstić information content (AvgIpc) is 2.02. The van der Waals surface area contributed by atoms with Gasteiger partial charge in [-0.2, -0.15) is 0 Å². The molecule has 0 aliphatic rings. The number of hydrogen-bond acceptors (Lipinski definition) is 2. The molecule has 80 valence electrons. The van der Waals surface area contributed by atoms with Gasteiger partial charge in [-0.05, 0) is 44.8 Å². The molecule has 0 amide bonds. The van der Waals surface area contributed by atoms with Crippen LogP contribution in [0, 0.1) is 11.8 Å². The van der Waals surface area contributed by atoms with Crippen LogP contribution in [0.5, 0.6) is 0 Å². The summed E-state index contributed by atoms with van der Waals surface area (Å²) in [4.78, 5) is 2.41.